The molecule has 0 aromatic carbocycles. The SMILES string of the molecule is O=C(CSc1nc(-c2ccco2)nc2cc(=O)[nH]n12)NC[C@H]1CCCO1. The second kappa shape index (κ2) is 7.34. The summed E-state index contributed by atoms with van der Waals surface area (Å²) < 4.78 is 12.3. The van der Waals surface area contributed by atoms with Gasteiger partial charge in [0.05, 0.1) is 18.1 Å². The fourth-order valence-corrected chi connectivity index (χ4v) is 3.49. The Morgan fingerprint density at radius 3 is 3.15 bits per heavy atom. The van der Waals surface area contributed by atoms with Gasteiger partial charge >= 0.3 is 0 Å². The molecule has 1 amide bonds. The van der Waals surface area contributed by atoms with E-state index >= 15 is 0 Å². The number of aromatic amines is 1. The second-order valence-corrected chi connectivity index (χ2v) is 6.79. The first-order valence-corrected chi connectivity index (χ1v) is 9.22. The van der Waals surface area contributed by atoms with E-state index in [2.05, 4.69) is 20.4 Å². The van der Waals surface area contributed by atoms with Gasteiger partial charge < -0.3 is 14.5 Å². The summed E-state index contributed by atoms with van der Waals surface area (Å²) >= 11 is 1.21. The summed E-state index contributed by atoms with van der Waals surface area (Å²) in [5.41, 5.74) is 0.124. The maximum Gasteiger partial charge on any atom is 0.266 e. The van der Waals surface area contributed by atoms with Crippen molar-refractivity contribution in [3.63, 3.8) is 0 Å². The first-order chi connectivity index (χ1) is 12.7. The summed E-state index contributed by atoms with van der Waals surface area (Å²) in [6, 6.07) is 4.84. The van der Waals surface area contributed by atoms with Crippen LogP contribution in [0.2, 0.25) is 0 Å². The fourth-order valence-electron chi connectivity index (χ4n) is 2.71. The molecular formula is C16H17N5O4S. The number of rotatable bonds is 6. The zero-order valence-electron chi connectivity index (χ0n) is 13.8. The molecule has 1 fully saturated rings. The molecule has 3 aromatic heterocycles. The highest BCUT2D eigenvalue weighted by atomic mass is 32.2. The van der Waals surface area contributed by atoms with Crippen LogP contribution in [0.15, 0.2) is 38.8 Å². The Hall–Kier alpha value is -2.59. The maximum atomic E-state index is 12.1. The molecule has 1 saturated heterocycles. The molecule has 26 heavy (non-hydrogen) atoms. The van der Waals surface area contributed by atoms with E-state index in [-0.39, 0.29) is 23.3 Å². The summed E-state index contributed by atoms with van der Waals surface area (Å²) in [6.45, 7) is 1.27. The summed E-state index contributed by atoms with van der Waals surface area (Å²) in [4.78, 5) is 32.5. The van der Waals surface area contributed by atoms with Gasteiger partial charge in [0.2, 0.25) is 5.91 Å². The molecule has 0 unspecified atom stereocenters. The highest BCUT2D eigenvalue weighted by Gasteiger charge is 2.17. The molecule has 2 N–H and O–H groups in total. The minimum Gasteiger partial charge on any atom is -0.461 e. The average Bonchev–Trinajstić information content (AvgIpc) is 3.37. The van der Waals surface area contributed by atoms with Crippen molar-refractivity contribution in [2.75, 3.05) is 18.9 Å². The smallest absolute Gasteiger partial charge is 0.266 e. The monoisotopic (exact) mass is 375 g/mol. The standard InChI is InChI=1S/C16H17N5O4S/c22-13-7-12-18-15(11-4-2-6-25-11)19-16(21(12)20-13)26-9-14(23)17-8-10-3-1-5-24-10/h2,4,6-7,10H,1,3,5,8-9H2,(H,17,23)(H,20,22)/t10-/m1/s1. The summed E-state index contributed by atoms with van der Waals surface area (Å²) in [6.07, 6.45) is 3.63. The van der Waals surface area contributed by atoms with Crippen LogP contribution in [-0.2, 0) is 9.53 Å². The molecule has 0 radical (unpaired) electrons. The van der Waals surface area contributed by atoms with E-state index in [4.69, 9.17) is 9.15 Å². The molecule has 4 rings (SSSR count). The summed E-state index contributed by atoms with van der Waals surface area (Å²) in [7, 11) is 0. The van der Waals surface area contributed by atoms with Crippen LogP contribution in [0.25, 0.3) is 17.2 Å². The number of carbonyl (C=O) groups excluding carboxylic acids is 1. The number of ether oxygens (including phenoxy) is 1. The van der Waals surface area contributed by atoms with Gasteiger partial charge in [-0.15, -0.1) is 0 Å². The van der Waals surface area contributed by atoms with Gasteiger partial charge in [-0.25, -0.2) is 9.50 Å². The summed E-state index contributed by atoms with van der Waals surface area (Å²) in [5, 5.41) is 5.95. The predicted molar refractivity (Wildman–Crippen MR) is 94.0 cm³/mol. The van der Waals surface area contributed by atoms with Crippen LogP contribution in [0.1, 0.15) is 12.8 Å². The lowest BCUT2D eigenvalue weighted by Gasteiger charge is -2.10. The number of nitrogens with zero attached hydrogens (tertiary/aromatic N) is 3. The topological polar surface area (TPSA) is 115 Å². The zero-order valence-corrected chi connectivity index (χ0v) is 14.6. The van der Waals surface area contributed by atoms with Crippen LogP contribution >= 0.6 is 11.8 Å². The Morgan fingerprint density at radius 1 is 1.46 bits per heavy atom. The van der Waals surface area contributed by atoms with Crippen LogP contribution < -0.4 is 10.9 Å². The zero-order chi connectivity index (χ0) is 17.9. The van der Waals surface area contributed by atoms with Crippen molar-refractivity contribution in [1.29, 1.82) is 0 Å². The quantitative estimate of drug-likeness (QED) is 0.619. The second-order valence-electron chi connectivity index (χ2n) is 5.85. The maximum absolute atomic E-state index is 12.1. The molecule has 1 atom stereocenters. The number of carbonyl (C=O) groups is 1. The molecule has 0 bridgehead atoms. The van der Waals surface area contributed by atoms with Gasteiger partial charge in [0, 0.05) is 19.2 Å². The number of aromatic nitrogens is 4. The molecular weight excluding hydrogens is 358 g/mol. The van der Waals surface area contributed by atoms with Crippen molar-refractivity contribution in [2.45, 2.75) is 24.1 Å². The molecule has 136 valence electrons. The number of thioether (sulfide) groups is 1. The number of hydrogen-bond donors (Lipinski definition) is 2. The number of hydrogen-bond acceptors (Lipinski definition) is 7. The Bertz CT molecular complexity index is 959. The Balaban J connectivity index is 1.49. The van der Waals surface area contributed by atoms with Crippen molar-refractivity contribution < 1.29 is 13.9 Å². The van der Waals surface area contributed by atoms with E-state index in [1.807, 2.05) is 0 Å². The van der Waals surface area contributed by atoms with E-state index in [9.17, 15) is 9.59 Å². The predicted octanol–water partition coefficient (Wildman–Crippen LogP) is 1.06. The lowest BCUT2D eigenvalue weighted by molar-refractivity contribution is -0.119. The molecule has 1 aliphatic rings. The van der Waals surface area contributed by atoms with Crippen LogP contribution in [0.5, 0.6) is 0 Å². The molecule has 9 nitrogen and oxygen atoms in total. The lowest BCUT2D eigenvalue weighted by Crippen LogP contribution is -2.33. The third-order valence-corrected chi connectivity index (χ3v) is 4.89. The molecule has 3 aromatic rings. The average molecular weight is 375 g/mol. The van der Waals surface area contributed by atoms with Gasteiger partial charge in [-0.1, -0.05) is 11.8 Å². The first kappa shape index (κ1) is 16.9. The molecule has 1 aliphatic heterocycles. The van der Waals surface area contributed by atoms with Gasteiger partial charge in [0.25, 0.3) is 5.56 Å². The fraction of sp³-hybridized carbons (Fsp3) is 0.375. The van der Waals surface area contributed by atoms with Crippen LogP contribution in [0.4, 0.5) is 0 Å². The third-order valence-electron chi connectivity index (χ3n) is 3.95. The molecule has 4 heterocycles. The van der Waals surface area contributed by atoms with Gasteiger partial charge in [-0.3, -0.25) is 14.7 Å². The highest BCUT2D eigenvalue weighted by Crippen LogP contribution is 2.21. The van der Waals surface area contributed by atoms with E-state index in [0.29, 0.717) is 28.9 Å². The van der Waals surface area contributed by atoms with Crippen molar-refractivity contribution in [3.05, 3.63) is 34.8 Å². The summed E-state index contributed by atoms with van der Waals surface area (Å²) in [5.74, 6) is 0.893. The van der Waals surface area contributed by atoms with Gasteiger partial charge in [-0.05, 0) is 25.0 Å². The number of H-pyrrole nitrogens is 1. The third kappa shape index (κ3) is 3.65. The van der Waals surface area contributed by atoms with E-state index in [1.165, 1.54) is 28.6 Å². The number of amides is 1. The Morgan fingerprint density at radius 2 is 2.38 bits per heavy atom. The van der Waals surface area contributed by atoms with Crippen molar-refractivity contribution in [3.8, 4) is 11.6 Å². The minimum atomic E-state index is -0.291. The van der Waals surface area contributed by atoms with Crippen molar-refractivity contribution in [2.24, 2.45) is 0 Å². The van der Waals surface area contributed by atoms with E-state index in [1.54, 1.807) is 12.1 Å². The first-order valence-electron chi connectivity index (χ1n) is 8.24. The molecule has 10 heteroatoms. The Labute approximate surface area is 152 Å². The van der Waals surface area contributed by atoms with Crippen molar-refractivity contribution in [1.82, 2.24) is 24.9 Å². The van der Waals surface area contributed by atoms with E-state index in [0.717, 1.165) is 19.4 Å². The normalized spacial score (nSPS) is 17.0. The molecule has 0 aliphatic carbocycles. The van der Waals surface area contributed by atoms with Gasteiger partial charge in [0.15, 0.2) is 22.4 Å². The van der Waals surface area contributed by atoms with Gasteiger partial charge in [0.1, 0.15) is 0 Å². The minimum absolute atomic E-state index is 0.0982. The number of furan rings is 1. The lowest BCUT2D eigenvalue weighted by atomic mass is 10.2. The van der Waals surface area contributed by atoms with Gasteiger partial charge in [-0.2, -0.15) is 4.98 Å². The van der Waals surface area contributed by atoms with E-state index < -0.39 is 0 Å². The highest BCUT2D eigenvalue weighted by molar-refractivity contribution is 7.99. The molecule has 0 spiro atoms. The van der Waals surface area contributed by atoms with Crippen molar-refractivity contribution >= 4 is 23.3 Å². The Kier molecular flexibility index (Phi) is 4.76. The van der Waals surface area contributed by atoms with Crippen LogP contribution in [-0.4, -0.2) is 50.5 Å². The number of nitrogens with one attached hydrogen (secondary N) is 2. The van der Waals surface area contributed by atoms with Crippen LogP contribution in [0.3, 0.4) is 0 Å². The largest absolute Gasteiger partial charge is 0.461 e. The number of fused-ring (bicyclic) bond motifs is 1. The molecule has 0 saturated carbocycles. The van der Waals surface area contributed by atoms with Crippen LogP contribution in [0, 0.1) is 0 Å².